The second-order valence-corrected chi connectivity index (χ2v) is 8.12. The molecule has 4 rings (SSSR count). The third-order valence-electron chi connectivity index (χ3n) is 4.70. The quantitative estimate of drug-likeness (QED) is 0.640. The van der Waals surface area contributed by atoms with Crippen molar-refractivity contribution in [1.82, 2.24) is 24.5 Å². The number of anilines is 1. The first kappa shape index (κ1) is 19.0. The van der Waals surface area contributed by atoms with Crippen molar-refractivity contribution < 1.29 is 4.79 Å². The van der Waals surface area contributed by atoms with E-state index in [4.69, 9.17) is 11.6 Å². The molecule has 28 heavy (non-hydrogen) atoms. The van der Waals surface area contributed by atoms with Crippen LogP contribution in [-0.2, 0) is 24.8 Å². The lowest BCUT2D eigenvalue weighted by Crippen LogP contribution is -2.17. The third kappa shape index (κ3) is 4.23. The van der Waals surface area contributed by atoms with Crippen molar-refractivity contribution in [2.45, 2.75) is 37.4 Å². The number of nitrogens with one attached hydrogen (secondary N) is 1. The molecule has 0 saturated carbocycles. The van der Waals surface area contributed by atoms with E-state index in [-0.39, 0.29) is 11.7 Å². The number of rotatable bonds is 5. The van der Waals surface area contributed by atoms with Gasteiger partial charge in [0.15, 0.2) is 5.16 Å². The number of carbonyl (C=O) groups is 1. The van der Waals surface area contributed by atoms with Gasteiger partial charge in [0.05, 0.1) is 11.4 Å². The van der Waals surface area contributed by atoms with Gasteiger partial charge in [0.25, 0.3) is 0 Å². The molecule has 0 saturated heterocycles. The number of aryl methyl sites for hydroxylation is 2. The number of nitrogens with zero attached hydrogens (tertiary/aromatic N) is 5. The van der Waals surface area contributed by atoms with Gasteiger partial charge >= 0.3 is 0 Å². The van der Waals surface area contributed by atoms with Gasteiger partial charge in [-0.05, 0) is 25.0 Å². The minimum absolute atomic E-state index is 0.0957. The van der Waals surface area contributed by atoms with Crippen molar-refractivity contribution in [1.29, 1.82) is 0 Å². The Morgan fingerprint density at radius 3 is 2.86 bits per heavy atom. The molecule has 1 aliphatic rings. The van der Waals surface area contributed by atoms with Crippen molar-refractivity contribution in [2.75, 3.05) is 11.1 Å². The van der Waals surface area contributed by atoms with Crippen LogP contribution >= 0.6 is 23.4 Å². The van der Waals surface area contributed by atoms with Gasteiger partial charge in [-0.2, -0.15) is 5.10 Å². The third-order valence-corrected chi connectivity index (χ3v) is 5.91. The zero-order valence-electron chi connectivity index (χ0n) is 15.6. The Morgan fingerprint density at radius 1 is 1.21 bits per heavy atom. The number of benzene rings is 1. The SMILES string of the molecule is Cn1nc(-c2ccc(Cl)cc2)cc1NC(=O)CSc1nnc2n1CCCCC2. The van der Waals surface area contributed by atoms with E-state index in [0.717, 1.165) is 48.0 Å². The Kier molecular flexibility index (Phi) is 5.68. The molecule has 0 atom stereocenters. The van der Waals surface area contributed by atoms with Crippen LogP contribution in [-0.4, -0.2) is 36.2 Å². The van der Waals surface area contributed by atoms with Gasteiger partial charge in [0, 0.05) is 36.7 Å². The first-order valence-electron chi connectivity index (χ1n) is 9.25. The zero-order chi connectivity index (χ0) is 19.5. The predicted octanol–water partition coefficient (Wildman–Crippen LogP) is 3.79. The van der Waals surface area contributed by atoms with E-state index in [0.29, 0.717) is 10.8 Å². The normalized spacial score (nSPS) is 13.8. The van der Waals surface area contributed by atoms with Crippen molar-refractivity contribution in [3.8, 4) is 11.3 Å². The van der Waals surface area contributed by atoms with Crippen molar-refractivity contribution in [3.05, 3.63) is 41.2 Å². The Labute approximate surface area is 172 Å². The summed E-state index contributed by atoms with van der Waals surface area (Å²) in [4.78, 5) is 12.4. The van der Waals surface area contributed by atoms with E-state index in [2.05, 4.69) is 25.2 Å². The van der Waals surface area contributed by atoms with Gasteiger partial charge in [-0.1, -0.05) is 41.9 Å². The summed E-state index contributed by atoms with van der Waals surface area (Å²) in [6.45, 7) is 0.929. The van der Waals surface area contributed by atoms with Crippen LogP contribution in [0.25, 0.3) is 11.3 Å². The molecule has 0 unspecified atom stereocenters. The van der Waals surface area contributed by atoms with Crippen LogP contribution in [0.3, 0.4) is 0 Å². The average molecular weight is 417 g/mol. The summed E-state index contributed by atoms with van der Waals surface area (Å²) in [5.74, 6) is 1.86. The second kappa shape index (κ2) is 8.36. The molecule has 3 heterocycles. The van der Waals surface area contributed by atoms with E-state index in [1.54, 1.807) is 11.7 Å². The summed E-state index contributed by atoms with van der Waals surface area (Å²) in [5.41, 5.74) is 1.73. The molecule has 1 N–H and O–H groups in total. The highest BCUT2D eigenvalue weighted by atomic mass is 35.5. The highest BCUT2D eigenvalue weighted by molar-refractivity contribution is 7.99. The van der Waals surface area contributed by atoms with Crippen molar-refractivity contribution >= 4 is 35.1 Å². The van der Waals surface area contributed by atoms with Crippen LogP contribution in [0.1, 0.15) is 25.1 Å². The van der Waals surface area contributed by atoms with Crippen LogP contribution in [0.2, 0.25) is 5.02 Å². The smallest absolute Gasteiger partial charge is 0.235 e. The van der Waals surface area contributed by atoms with Crippen LogP contribution in [0.15, 0.2) is 35.5 Å². The lowest BCUT2D eigenvalue weighted by molar-refractivity contribution is -0.113. The lowest BCUT2D eigenvalue weighted by Gasteiger charge is -2.07. The Bertz CT molecular complexity index is 981. The molecule has 0 bridgehead atoms. The van der Waals surface area contributed by atoms with E-state index >= 15 is 0 Å². The van der Waals surface area contributed by atoms with Gasteiger partial charge in [-0.25, -0.2) is 0 Å². The summed E-state index contributed by atoms with van der Waals surface area (Å²) >= 11 is 7.36. The molecule has 3 aromatic rings. The molecule has 0 spiro atoms. The molecule has 1 amide bonds. The molecule has 7 nitrogen and oxygen atoms in total. The molecule has 1 aromatic carbocycles. The average Bonchev–Trinajstić information content (AvgIpc) is 3.15. The van der Waals surface area contributed by atoms with Gasteiger partial charge in [0.1, 0.15) is 11.6 Å². The zero-order valence-corrected chi connectivity index (χ0v) is 17.1. The molecule has 146 valence electrons. The van der Waals surface area contributed by atoms with Crippen molar-refractivity contribution in [2.24, 2.45) is 7.05 Å². The van der Waals surface area contributed by atoms with Crippen LogP contribution < -0.4 is 5.32 Å². The molecular formula is C19H21ClN6OS. The summed E-state index contributed by atoms with van der Waals surface area (Å²) in [6.07, 6.45) is 4.46. The largest absolute Gasteiger partial charge is 0.310 e. The minimum Gasteiger partial charge on any atom is -0.310 e. The molecule has 0 fully saturated rings. The number of halogens is 1. The number of carbonyl (C=O) groups excluding carboxylic acids is 1. The summed E-state index contributed by atoms with van der Waals surface area (Å²) in [7, 11) is 1.81. The number of thioether (sulfide) groups is 1. The molecular weight excluding hydrogens is 396 g/mol. The molecule has 1 aliphatic heterocycles. The number of fused-ring (bicyclic) bond motifs is 1. The summed E-state index contributed by atoms with van der Waals surface area (Å²) in [5, 5.41) is 17.4. The maximum atomic E-state index is 12.4. The number of hydrogen-bond acceptors (Lipinski definition) is 5. The Morgan fingerprint density at radius 2 is 2.04 bits per heavy atom. The Hall–Kier alpha value is -2.32. The second-order valence-electron chi connectivity index (χ2n) is 6.74. The minimum atomic E-state index is -0.0957. The summed E-state index contributed by atoms with van der Waals surface area (Å²) in [6, 6.07) is 9.31. The molecule has 9 heteroatoms. The van der Waals surface area contributed by atoms with Crippen LogP contribution in [0.4, 0.5) is 5.82 Å². The first-order chi connectivity index (χ1) is 13.6. The number of aromatic nitrogens is 5. The predicted molar refractivity (Wildman–Crippen MR) is 111 cm³/mol. The number of amides is 1. The molecule has 0 radical (unpaired) electrons. The van der Waals surface area contributed by atoms with Crippen LogP contribution in [0.5, 0.6) is 0 Å². The fourth-order valence-corrected chi connectivity index (χ4v) is 4.13. The van der Waals surface area contributed by atoms with E-state index in [9.17, 15) is 4.79 Å². The number of hydrogen-bond donors (Lipinski definition) is 1. The lowest BCUT2D eigenvalue weighted by atomic mass is 10.1. The topological polar surface area (TPSA) is 77.6 Å². The van der Waals surface area contributed by atoms with Crippen LogP contribution in [0, 0.1) is 0 Å². The van der Waals surface area contributed by atoms with Gasteiger partial charge < -0.3 is 9.88 Å². The fourth-order valence-electron chi connectivity index (χ4n) is 3.22. The maximum Gasteiger partial charge on any atom is 0.235 e. The van der Waals surface area contributed by atoms with Gasteiger partial charge in [-0.3, -0.25) is 9.48 Å². The Balaban J connectivity index is 1.39. The molecule has 2 aromatic heterocycles. The summed E-state index contributed by atoms with van der Waals surface area (Å²) < 4.78 is 3.81. The van der Waals surface area contributed by atoms with Gasteiger partial charge in [-0.15, -0.1) is 10.2 Å². The maximum absolute atomic E-state index is 12.4. The van der Waals surface area contributed by atoms with E-state index < -0.39 is 0 Å². The van der Waals surface area contributed by atoms with Crippen molar-refractivity contribution in [3.63, 3.8) is 0 Å². The van der Waals surface area contributed by atoms with E-state index in [1.807, 2.05) is 30.3 Å². The van der Waals surface area contributed by atoms with Gasteiger partial charge in [0.2, 0.25) is 5.91 Å². The highest BCUT2D eigenvalue weighted by Gasteiger charge is 2.17. The molecule has 0 aliphatic carbocycles. The monoisotopic (exact) mass is 416 g/mol. The van der Waals surface area contributed by atoms with E-state index in [1.165, 1.54) is 18.2 Å². The fraction of sp³-hybridized carbons (Fsp3) is 0.368. The first-order valence-corrected chi connectivity index (χ1v) is 10.6. The highest BCUT2D eigenvalue weighted by Crippen LogP contribution is 2.24. The standard InChI is InChI=1S/C19H21ClN6OS/c1-25-17(11-15(24-25)13-6-8-14(20)9-7-13)21-18(27)12-28-19-23-22-16-5-3-2-4-10-26(16)19/h6-9,11H,2-5,10,12H2,1H3,(H,21,27).